The second kappa shape index (κ2) is 6.98. The predicted molar refractivity (Wildman–Crippen MR) is 90.2 cm³/mol. The number of benzene rings is 1. The Kier molecular flexibility index (Phi) is 4.78. The molecule has 122 valence electrons. The van der Waals surface area contributed by atoms with E-state index in [2.05, 4.69) is 9.97 Å². The molecule has 2 aromatic heterocycles. The lowest BCUT2D eigenvalue weighted by molar-refractivity contribution is 0.533. The van der Waals surface area contributed by atoms with Crippen LogP contribution in [0.4, 0.5) is 4.39 Å². The summed E-state index contributed by atoms with van der Waals surface area (Å²) in [5, 5.41) is 0. The lowest BCUT2D eigenvalue weighted by atomic mass is 9.96. The fourth-order valence-corrected chi connectivity index (χ4v) is 3.03. The Balaban J connectivity index is 2.08. The molecule has 0 radical (unpaired) electrons. The number of pyridine rings is 2. The summed E-state index contributed by atoms with van der Waals surface area (Å²) in [5.41, 5.74) is 4.37. The van der Waals surface area contributed by atoms with Gasteiger partial charge in [-0.2, -0.15) is 0 Å². The predicted octanol–water partition coefficient (Wildman–Crippen LogP) is 3.64. The van der Waals surface area contributed by atoms with Gasteiger partial charge >= 0.3 is 0 Å². The molecule has 0 fully saturated rings. The second-order valence-electron chi connectivity index (χ2n) is 5.43. The molecule has 1 unspecified atom stereocenters. The summed E-state index contributed by atoms with van der Waals surface area (Å²) < 4.78 is 35.7. The zero-order valence-electron chi connectivity index (χ0n) is 12.9. The van der Waals surface area contributed by atoms with Crippen LogP contribution in [-0.4, -0.2) is 18.7 Å². The van der Waals surface area contributed by atoms with Crippen molar-refractivity contribution >= 4 is 11.1 Å². The van der Waals surface area contributed by atoms with E-state index in [1.807, 2.05) is 19.1 Å². The Morgan fingerprint density at radius 1 is 1.04 bits per heavy atom. The van der Waals surface area contributed by atoms with E-state index in [4.69, 9.17) is 0 Å². The van der Waals surface area contributed by atoms with Crippen LogP contribution in [0.2, 0.25) is 0 Å². The third kappa shape index (κ3) is 3.55. The zero-order chi connectivity index (χ0) is 17.1. The Bertz CT molecular complexity index is 915. The molecular formula is C18H14FN2O2S-. The molecule has 6 heteroatoms. The number of aryl methyl sites for hydroxylation is 1. The highest BCUT2D eigenvalue weighted by atomic mass is 32.2. The summed E-state index contributed by atoms with van der Waals surface area (Å²) in [6.45, 7) is 1.95. The van der Waals surface area contributed by atoms with Gasteiger partial charge in [-0.1, -0.05) is 23.2 Å². The quantitative estimate of drug-likeness (QED) is 0.680. The van der Waals surface area contributed by atoms with E-state index >= 15 is 0 Å². The maximum atomic E-state index is 14.2. The minimum Gasteiger partial charge on any atom is -0.772 e. The topological polar surface area (TPSA) is 65.9 Å². The second-order valence-corrected chi connectivity index (χ2v) is 6.32. The van der Waals surface area contributed by atoms with E-state index in [9.17, 15) is 13.2 Å². The monoisotopic (exact) mass is 341 g/mol. The number of nitrogens with zero attached hydrogens (tertiary/aromatic N) is 2. The summed E-state index contributed by atoms with van der Waals surface area (Å²) in [4.78, 5) is 8.33. The number of hydrogen-bond donors (Lipinski definition) is 0. The van der Waals surface area contributed by atoms with Crippen molar-refractivity contribution in [2.45, 2.75) is 12.7 Å². The lowest BCUT2D eigenvalue weighted by Crippen LogP contribution is -1.97. The molecule has 0 N–H and O–H groups in total. The molecule has 0 saturated carbocycles. The fourth-order valence-electron chi connectivity index (χ4n) is 2.54. The Morgan fingerprint density at radius 3 is 2.58 bits per heavy atom. The van der Waals surface area contributed by atoms with E-state index in [0.717, 1.165) is 22.3 Å². The van der Waals surface area contributed by atoms with Crippen molar-refractivity contribution in [2.24, 2.45) is 0 Å². The first-order valence-electron chi connectivity index (χ1n) is 7.25. The van der Waals surface area contributed by atoms with Crippen LogP contribution >= 0.6 is 0 Å². The van der Waals surface area contributed by atoms with Gasteiger partial charge in [0.2, 0.25) is 0 Å². The van der Waals surface area contributed by atoms with Gasteiger partial charge in [-0.15, -0.1) is 0 Å². The van der Waals surface area contributed by atoms with Crippen LogP contribution in [0.3, 0.4) is 0 Å². The Morgan fingerprint density at radius 2 is 1.88 bits per heavy atom. The first kappa shape index (κ1) is 16.4. The molecule has 24 heavy (non-hydrogen) atoms. The molecule has 1 aromatic carbocycles. The molecule has 0 aliphatic heterocycles. The standard InChI is InChI=1S/C18H15FN2O2S/c1-12-6-15(9-21-8-12)16-4-5-20-10-17(16)13-2-3-14(11-24(22)23)18(19)7-13/h2-10H,11H2,1H3,(H,22,23)/p-1. The van der Waals surface area contributed by atoms with Crippen molar-refractivity contribution in [3.63, 3.8) is 0 Å². The first-order chi connectivity index (χ1) is 11.5. The van der Waals surface area contributed by atoms with Gasteiger partial charge < -0.3 is 4.55 Å². The van der Waals surface area contributed by atoms with E-state index < -0.39 is 16.9 Å². The van der Waals surface area contributed by atoms with Gasteiger partial charge in [0.25, 0.3) is 0 Å². The van der Waals surface area contributed by atoms with E-state index in [0.29, 0.717) is 5.56 Å². The highest BCUT2D eigenvalue weighted by Gasteiger charge is 2.11. The number of halogens is 1. The Labute approximate surface area is 141 Å². The minimum atomic E-state index is -2.33. The highest BCUT2D eigenvalue weighted by Crippen LogP contribution is 2.32. The molecule has 2 heterocycles. The van der Waals surface area contributed by atoms with Crippen LogP contribution in [0.25, 0.3) is 22.3 Å². The van der Waals surface area contributed by atoms with Gasteiger partial charge in [0.15, 0.2) is 0 Å². The molecule has 0 saturated heterocycles. The molecule has 4 nitrogen and oxygen atoms in total. The number of rotatable bonds is 4. The third-order valence-electron chi connectivity index (χ3n) is 3.64. The molecule has 0 aliphatic rings. The van der Waals surface area contributed by atoms with Gasteiger partial charge in [-0.3, -0.25) is 14.2 Å². The SMILES string of the molecule is Cc1cncc(-c2ccncc2-c2ccc(CS(=O)[O-])c(F)c2)c1. The van der Waals surface area contributed by atoms with Crippen molar-refractivity contribution in [3.8, 4) is 22.3 Å². The summed E-state index contributed by atoms with van der Waals surface area (Å²) in [5.74, 6) is -0.887. The molecular weight excluding hydrogens is 327 g/mol. The van der Waals surface area contributed by atoms with Gasteiger partial charge in [-0.05, 0) is 47.4 Å². The number of hydrogen-bond acceptors (Lipinski definition) is 4. The van der Waals surface area contributed by atoms with Crippen molar-refractivity contribution in [2.75, 3.05) is 0 Å². The van der Waals surface area contributed by atoms with E-state index in [1.165, 1.54) is 12.1 Å². The highest BCUT2D eigenvalue weighted by molar-refractivity contribution is 7.78. The lowest BCUT2D eigenvalue weighted by Gasteiger charge is -2.12. The van der Waals surface area contributed by atoms with E-state index in [-0.39, 0.29) is 11.3 Å². The van der Waals surface area contributed by atoms with Crippen LogP contribution < -0.4 is 0 Å². The molecule has 0 amide bonds. The van der Waals surface area contributed by atoms with Crippen LogP contribution in [0.5, 0.6) is 0 Å². The Hall–Kier alpha value is -2.44. The average molecular weight is 341 g/mol. The molecule has 0 aliphatic carbocycles. The molecule has 0 spiro atoms. The van der Waals surface area contributed by atoms with E-state index in [1.54, 1.807) is 30.9 Å². The molecule has 3 aromatic rings. The minimum absolute atomic E-state index is 0.148. The maximum absolute atomic E-state index is 14.2. The largest absolute Gasteiger partial charge is 0.772 e. The smallest absolute Gasteiger partial charge is 0.127 e. The summed E-state index contributed by atoms with van der Waals surface area (Å²) in [6, 6.07) is 8.38. The molecule has 1 atom stereocenters. The van der Waals surface area contributed by atoms with Crippen molar-refractivity contribution < 1.29 is 13.2 Å². The summed E-state index contributed by atoms with van der Waals surface area (Å²) in [7, 11) is 0. The third-order valence-corrected chi connectivity index (χ3v) is 4.19. The van der Waals surface area contributed by atoms with Gasteiger partial charge in [0.05, 0.1) is 0 Å². The fraction of sp³-hybridized carbons (Fsp3) is 0.111. The van der Waals surface area contributed by atoms with Gasteiger partial charge in [-0.25, -0.2) is 4.39 Å². The van der Waals surface area contributed by atoms with Crippen molar-refractivity contribution in [1.82, 2.24) is 9.97 Å². The van der Waals surface area contributed by atoms with Crippen LogP contribution in [0.15, 0.2) is 55.1 Å². The van der Waals surface area contributed by atoms with Crippen LogP contribution in [0, 0.1) is 12.7 Å². The van der Waals surface area contributed by atoms with Crippen LogP contribution in [0.1, 0.15) is 11.1 Å². The maximum Gasteiger partial charge on any atom is 0.127 e. The van der Waals surface area contributed by atoms with Gasteiger partial charge in [0.1, 0.15) is 5.82 Å². The zero-order valence-corrected chi connectivity index (χ0v) is 13.7. The molecule has 0 bridgehead atoms. The van der Waals surface area contributed by atoms with Crippen LogP contribution in [-0.2, 0) is 16.8 Å². The number of aromatic nitrogens is 2. The average Bonchev–Trinajstić information content (AvgIpc) is 2.56. The normalized spacial score (nSPS) is 12.1. The first-order valence-corrected chi connectivity index (χ1v) is 8.49. The summed E-state index contributed by atoms with van der Waals surface area (Å²) >= 11 is -2.33. The summed E-state index contributed by atoms with van der Waals surface area (Å²) in [6.07, 6.45) is 6.85. The van der Waals surface area contributed by atoms with Crippen molar-refractivity contribution in [3.05, 3.63) is 72.1 Å². The molecule has 3 rings (SSSR count). The van der Waals surface area contributed by atoms with Gasteiger partial charge in [0, 0.05) is 41.7 Å². The van der Waals surface area contributed by atoms with Crippen molar-refractivity contribution in [1.29, 1.82) is 0 Å².